The molecule has 0 radical (unpaired) electrons. The zero-order valence-electron chi connectivity index (χ0n) is 13.2. The Morgan fingerprint density at radius 1 is 1.43 bits per heavy atom. The first-order valence-corrected chi connectivity index (χ1v) is 7.24. The minimum Gasteiger partial charge on any atom is -0.490 e. The number of nitrogens with two attached hydrogens (primary N) is 1. The summed E-state index contributed by atoms with van der Waals surface area (Å²) in [5.41, 5.74) is 7.52. The van der Waals surface area contributed by atoms with E-state index >= 15 is 0 Å². The molecule has 1 aromatic heterocycles. The molecule has 4 N–H and O–H groups in total. The van der Waals surface area contributed by atoms with E-state index in [9.17, 15) is 4.79 Å². The number of aromatic amines is 1. The third kappa shape index (κ3) is 5.55. The average molecular weight is 319 g/mol. The maximum absolute atomic E-state index is 11.7. The number of hydrogen-bond donors (Lipinski definition) is 3. The van der Waals surface area contributed by atoms with Gasteiger partial charge >= 0.3 is 0 Å². The first-order valence-electron chi connectivity index (χ1n) is 7.24. The number of carbonyl (C=O) groups is 1. The highest BCUT2D eigenvalue weighted by molar-refractivity contribution is 5.88. The lowest BCUT2D eigenvalue weighted by Crippen LogP contribution is -2.19. The third-order valence-electron chi connectivity index (χ3n) is 3.11. The summed E-state index contributed by atoms with van der Waals surface area (Å²) >= 11 is 0. The maximum Gasteiger partial charge on any atom is 0.269 e. The Balaban J connectivity index is 1.81. The van der Waals surface area contributed by atoms with Crippen molar-refractivity contribution in [2.24, 2.45) is 0 Å². The van der Waals surface area contributed by atoms with Crippen LogP contribution in [0.4, 0.5) is 11.6 Å². The van der Waals surface area contributed by atoms with Crippen LogP contribution >= 0.6 is 0 Å². The van der Waals surface area contributed by atoms with Crippen LogP contribution in [0.15, 0.2) is 18.2 Å². The minimum absolute atomic E-state index is 0.166. The number of tetrazole rings is 1. The monoisotopic (exact) mass is 319 g/mol. The number of carbonyl (C=O) groups excluding carboxylic acids is 1. The number of H-pyrrole nitrogens is 1. The van der Waals surface area contributed by atoms with Gasteiger partial charge in [-0.3, -0.25) is 10.1 Å². The number of hydrogen-bond acceptors (Lipinski definition) is 7. The second-order valence-corrected chi connectivity index (χ2v) is 5.31. The summed E-state index contributed by atoms with van der Waals surface area (Å²) in [5, 5.41) is 15.5. The van der Waals surface area contributed by atoms with Gasteiger partial charge in [0.15, 0.2) is 0 Å². The van der Waals surface area contributed by atoms with Crippen molar-refractivity contribution in [3.63, 3.8) is 0 Å². The number of benzene rings is 1. The van der Waals surface area contributed by atoms with Crippen LogP contribution in [-0.2, 0) is 11.2 Å². The van der Waals surface area contributed by atoms with Crippen molar-refractivity contribution >= 4 is 17.5 Å². The average Bonchev–Trinajstić information content (AvgIpc) is 2.99. The smallest absolute Gasteiger partial charge is 0.269 e. The summed E-state index contributed by atoms with van der Waals surface area (Å²) in [6.07, 6.45) is 0.862. The van der Waals surface area contributed by atoms with Crippen LogP contribution < -0.4 is 15.8 Å². The van der Waals surface area contributed by atoms with Gasteiger partial charge in [-0.15, -0.1) is 5.10 Å². The number of aryl methyl sites for hydroxylation is 1. The van der Waals surface area contributed by atoms with Crippen LogP contribution in [0, 0.1) is 0 Å². The van der Waals surface area contributed by atoms with Crippen molar-refractivity contribution in [3.05, 3.63) is 23.8 Å². The molecule has 0 bridgehead atoms. The van der Waals surface area contributed by atoms with Crippen LogP contribution in [0.5, 0.6) is 5.75 Å². The van der Waals surface area contributed by atoms with Gasteiger partial charge in [-0.1, -0.05) is 11.2 Å². The standard InChI is InChI=1S/C14H21N7O2/c1-21(2)7-8-23-12-5-3-10(9-11(12)15)4-6-13(22)16-14-17-19-20-18-14/h3,5,9H,4,6-8,15H2,1-2H3,(H2,16,17,18,19,20,22). The number of nitrogens with one attached hydrogen (secondary N) is 2. The molecular weight excluding hydrogens is 298 g/mol. The number of ether oxygens (including phenoxy) is 1. The molecule has 1 heterocycles. The predicted molar refractivity (Wildman–Crippen MR) is 86.0 cm³/mol. The number of rotatable bonds is 8. The van der Waals surface area contributed by atoms with Crippen LogP contribution in [-0.4, -0.2) is 58.7 Å². The predicted octanol–water partition coefficient (Wildman–Crippen LogP) is 0.294. The first kappa shape index (κ1) is 16.7. The summed E-state index contributed by atoms with van der Waals surface area (Å²) in [6, 6.07) is 5.56. The summed E-state index contributed by atoms with van der Waals surface area (Å²) in [7, 11) is 3.96. The van der Waals surface area contributed by atoms with E-state index in [1.807, 2.05) is 37.2 Å². The Kier molecular flexibility index (Phi) is 5.87. The SMILES string of the molecule is CN(C)CCOc1ccc(CCC(=O)Nc2nn[nH]n2)cc1N. The van der Waals surface area contributed by atoms with Gasteiger partial charge in [0.05, 0.1) is 5.69 Å². The Morgan fingerprint density at radius 2 is 2.26 bits per heavy atom. The lowest BCUT2D eigenvalue weighted by atomic mass is 10.1. The molecule has 9 heteroatoms. The summed E-state index contributed by atoms with van der Waals surface area (Å²) in [6.45, 7) is 1.39. The minimum atomic E-state index is -0.184. The Bertz CT molecular complexity index is 628. The van der Waals surface area contributed by atoms with E-state index in [0.29, 0.717) is 30.9 Å². The molecule has 0 saturated carbocycles. The summed E-state index contributed by atoms with van der Waals surface area (Å²) in [5.74, 6) is 0.641. The van der Waals surface area contributed by atoms with Gasteiger partial charge in [0.25, 0.3) is 5.95 Å². The van der Waals surface area contributed by atoms with E-state index in [4.69, 9.17) is 10.5 Å². The Morgan fingerprint density at radius 3 is 2.91 bits per heavy atom. The number of likely N-dealkylation sites (N-methyl/N-ethyl adjacent to an activating group) is 1. The lowest BCUT2D eigenvalue weighted by molar-refractivity contribution is -0.116. The van der Waals surface area contributed by atoms with Gasteiger partial charge < -0.3 is 15.4 Å². The van der Waals surface area contributed by atoms with Crippen molar-refractivity contribution in [2.45, 2.75) is 12.8 Å². The molecule has 0 spiro atoms. The summed E-state index contributed by atoms with van der Waals surface area (Å²) in [4.78, 5) is 13.8. The highest BCUT2D eigenvalue weighted by atomic mass is 16.5. The van der Waals surface area contributed by atoms with Crippen LogP contribution in [0.2, 0.25) is 0 Å². The fraction of sp³-hybridized carbons (Fsp3) is 0.429. The molecule has 0 unspecified atom stereocenters. The van der Waals surface area contributed by atoms with Crippen LogP contribution in [0.1, 0.15) is 12.0 Å². The summed E-state index contributed by atoms with van der Waals surface area (Å²) < 4.78 is 5.63. The second kappa shape index (κ2) is 8.08. The quantitative estimate of drug-likeness (QED) is 0.598. The molecule has 0 atom stereocenters. The molecule has 1 amide bonds. The van der Waals surface area contributed by atoms with E-state index < -0.39 is 0 Å². The molecule has 0 aliphatic rings. The zero-order valence-corrected chi connectivity index (χ0v) is 13.2. The van der Waals surface area contributed by atoms with Gasteiger partial charge in [-0.2, -0.15) is 5.21 Å². The number of anilines is 2. The highest BCUT2D eigenvalue weighted by Crippen LogP contribution is 2.23. The van der Waals surface area contributed by atoms with E-state index in [-0.39, 0.29) is 11.9 Å². The normalized spacial score (nSPS) is 10.7. The van der Waals surface area contributed by atoms with Crippen molar-refractivity contribution in [2.75, 3.05) is 38.3 Å². The van der Waals surface area contributed by atoms with Crippen molar-refractivity contribution < 1.29 is 9.53 Å². The molecule has 0 aliphatic heterocycles. The van der Waals surface area contributed by atoms with Crippen LogP contribution in [0.25, 0.3) is 0 Å². The van der Waals surface area contributed by atoms with Crippen molar-refractivity contribution in [1.29, 1.82) is 0 Å². The van der Waals surface area contributed by atoms with E-state index in [2.05, 4.69) is 25.9 Å². The zero-order chi connectivity index (χ0) is 16.7. The second-order valence-electron chi connectivity index (χ2n) is 5.31. The van der Waals surface area contributed by atoms with E-state index in [1.54, 1.807) is 0 Å². The molecule has 2 rings (SSSR count). The molecule has 0 fully saturated rings. The van der Waals surface area contributed by atoms with Gasteiger partial charge in [0, 0.05) is 13.0 Å². The molecule has 9 nitrogen and oxygen atoms in total. The topological polar surface area (TPSA) is 122 Å². The molecule has 0 aliphatic carbocycles. The van der Waals surface area contributed by atoms with Gasteiger partial charge in [-0.25, -0.2) is 0 Å². The molecular formula is C14H21N7O2. The fourth-order valence-electron chi connectivity index (χ4n) is 1.88. The molecule has 1 aromatic carbocycles. The number of nitrogens with zero attached hydrogens (tertiary/aromatic N) is 4. The largest absolute Gasteiger partial charge is 0.490 e. The van der Waals surface area contributed by atoms with Crippen LogP contribution in [0.3, 0.4) is 0 Å². The van der Waals surface area contributed by atoms with Gasteiger partial charge in [0.2, 0.25) is 5.91 Å². The Labute approximate surface area is 134 Å². The lowest BCUT2D eigenvalue weighted by Gasteiger charge is -2.13. The highest BCUT2D eigenvalue weighted by Gasteiger charge is 2.08. The van der Waals surface area contributed by atoms with Crippen molar-refractivity contribution in [1.82, 2.24) is 25.5 Å². The molecule has 0 saturated heterocycles. The first-order chi connectivity index (χ1) is 11.0. The molecule has 2 aromatic rings. The number of aromatic nitrogens is 4. The van der Waals surface area contributed by atoms with Gasteiger partial charge in [0.1, 0.15) is 12.4 Å². The van der Waals surface area contributed by atoms with Gasteiger partial charge in [-0.05, 0) is 43.4 Å². The molecule has 124 valence electrons. The number of nitrogen functional groups attached to an aromatic ring is 1. The van der Waals surface area contributed by atoms with Crippen molar-refractivity contribution in [3.8, 4) is 5.75 Å². The van der Waals surface area contributed by atoms with E-state index in [1.165, 1.54) is 0 Å². The number of amides is 1. The maximum atomic E-state index is 11.7. The Hall–Kier alpha value is -2.68. The third-order valence-corrected chi connectivity index (χ3v) is 3.11. The fourth-order valence-corrected chi connectivity index (χ4v) is 1.88. The van der Waals surface area contributed by atoms with E-state index in [0.717, 1.165) is 12.1 Å². The molecule has 23 heavy (non-hydrogen) atoms.